The molecule has 0 amide bonds. The number of nitrogens with one attached hydrogen (secondary N) is 1. The maximum Gasteiger partial charge on any atom is 0.251 e. The van der Waals surface area contributed by atoms with Gasteiger partial charge in [0, 0.05) is 12.0 Å². The molecule has 6 heteroatoms. The van der Waals surface area contributed by atoms with Gasteiger partial charge in [0.25, 0.3) is 5.56 Å². The average Bonchev–Trinajstić information content (AvgIpc) is 3.01. The van der Waals surface area contributed by atoms with Gasteiger partial charge in [-0.05, 0) is 12.8 Å². The fourth-order valence-corrected chi connectivity index (χ4v) is 2.39. The summed E-state index contributed by atoms with van der Waals surface area (Å²) in [5.74, 6) is 0.975. The van der Waals surface area contributed by atoms with E-state index < -0.39 is 0 Å². The number of thiazole rings is 1. The Morgan fingerprint density at radius 1 is 1.50 bits per heavy atom. The molecule has 2 aromatic rings. The normalized spacial score (nSPS) is 15.3. The standard InChI is InChI=1S/C10H8ClN3OS/c11-7-4-12-10(16-7)9-13-6(5-1-2-5)3-8(15)14-9/h3-5H,1-2H2,(H,13,14,15). The summed E-state index contributed by atoms with van der Waals surface area (Å²) in [5, 5.41) is 0.657. The lowest BCUT2D eigenvalue weighted by atomic mass is 10.3. The molecule has 1 fully saturated rings. The zero-order valence-corrected chi connectivity index (χ0v) is 9.81. The van der Waals surface area contributed by atoms with Gasteiger partial charge in [-0.1, -0.05) is 22.9 Å². The molecule has 0 atom stereocenters. The first-order valence-corrected chi connectivity index (χ1v) is 6.15. The second-order valence-corrected chi connectivity index (χ2v) is 5.42. The van der Waals surface area contributed by atoms with Crippen LogP contribution in [0.25, 0.3) is 10.8 Å². The van der Waals surface area contributed by atoms with E-state index in [9.17, 15) is 4.79 Å². The van der Waals surface area contributed by atoms with Crippen molar-refractivity contribution in [2.24, 2.45) is 0 Å². The molecule has 0 aromatic carbocycles. The summed E-state index contributed by atoms with van der Waals surface area (Å²) in [6.07, 6.45) is 3.80. The maximum absolute atomic E-state index is 11.5. The third kappa shape index (κ3) is 1.88. The molecule has 1 N–H and O–H groups in total. The molecular formula is C10H8ClN3OS. The highest BCUT2D eigenvalue weighted by atomic mass is 35.5. The second kappa shape index (κ2) is 3.68. The first-order chi connectivity index (χ1) is 7.72. The third-order valence-electron chi connectivity index (χ3n) is 2.44. The summed E-state index contributed by atoms with van der Waals surface area (Å²) in [5.41, 5.74) is 0.739. The lowest BCUT2D eigenvalue weighted by molar-refractivity contribution is 0.975. The Morgan fingerprint density at radius 3 is 2.94 bits per heavy atom. The van der Waals surface area contributed by atoms with E-state index in [1.807, 2.05) is 0 Å². The predicted octanol–water partition coefficient (Wildman–Crippen LogP) is 2.42. The zero-order chi connectivity index (χ0) is 11.1. The molecule has 1 aliphatic rings. The van der Waals surface area contributed by atoms with Gasteiger partial charge in [-0.3, -0.25) is 4.79 Å². The highest BCUT2D eigenvalue weighted by Gasteiger charge is 2.26. The van der Waals surface area contributed by atoms with Gasteiger partial charge in [0.1, 0.15) is 4.34 Å². The Balaban J connectivity index is 2.09. The largest absolute Gasteiger partial charge is 0.304 e. The molecule has 3 rings (SSSR count). The molecule has 2 heterocycles. The predicted molar refractivity (Wildman–Crippen MR) is 63.0 cm³/mol. The Morgan fingerprint density at radius 2 is 2.31 bits per heavy atom. The van der Waals surface area contributed by atoms with Crippen LogP contribution in [0.3, 0.4) is 0 Å². The van der Waals surface area contributed by atoms with Crippen molar-refractivity contribution >= 4 is 22.9 Å². The molecule has 1 saturated carbocycles. The summed E-state index contributed by atoms with van der Waals surface area (Å²) in [6.45, 7) is 0. The number of aromatic nitrogens is 3. The highest BCUT2D eigenvalue weighted by molar-refractivity contribution is 7.18. The monoisotopic (exact) mass is 253 g/mol. The number of H-pyrrole nitrogens is 1. The SMILES string of the molecule is O=c1cc(C2CC2)nc(-c2ncc(Cl)s2)[nH]1. The molecule has 4 nitrogen and oxygen atoms in total. The molecule has 1 aliphatic carbocycles. The first-order valence-electron chi connectivity index (χ1n) is 4.95. The Bertz CT molecular complexity index is 588. The number of nitrogens with zero attached hydrogens (tertiary/aromatic N) is 2. The van der Waals surface area contributed by atoms with Gasteiger partial charge >= 0.3 is 0 Å². The Kier molecular flexibility index (Phi) is 2.29. The molecular weight excluding hydrogens is 246 g/mol. The summed E-state index contributed by atoms with van der Waals surface area (Å²) >= 11 is 7.11. The summed E-state index contributed by atoms with van der Waals surface area (Å²) in [4.78, 5) is 22.7. The van der Waals surface area contributed by atoms with Crippen LogP contribution >= 0.6 is 22.9 Å². The smallest absolute Gasteiger partial charge is 0.251 e. The van der Waals surface area contributed by atoms with E-state index >= 15 is 0 Å². The minimum atomic E-state index is -0.127. The Hall–Kier alpha value is -1.20. The molecule has 0 unspecified atom stereocenters. The minimum absolute atomic E-state index is 0.127. The first kappa shape index (κ1) is 9.99. The molecule has 2 aromatic heterocycles. The highest BCUT2D eigenvalue weighted by Crippen LogP contribution is 2.39. The quantitative estimate of drug-likeness (QED) is 0.894. The van der Waals surface area contributed by atoms with Crippen LogP contribution in [-0.4, -0.2) is 15.0 Å². The molecule has 82 valence electrons. The molecule has 0 bridgehead atoms. The van der Waals surface area contributed by atoms with Crippen LogP contribution in [0.1, 0.15) is 24.5 Å². The van der Waals surface area contributed by atoms with E-state index in [-0.39, 0.29) is 5.56 Å². The fraction of sp³-hybridized carbons (Fsp3) is 0.300. The van der Waals surface area contributed by atoms with E-state index in [0.717, 1.165) is 18.5 Å². The summed E-state index contributed by atoms with van der Waals surface area (Å²) in [6, 6.07) is 1.57. The van der Waals surface area contributed by atoms with Gasteiger partial charge in [0.2, 0.25) is 0 Å². The van der Waals surface area contributed by atoms with E-state index in [2.05, 4.69) is 15.0 Å². The van der Waals surface area contributed by atoms with E-state index in [1.165, 1.54) is 11.3 Å². The van der Waals surface area contributed by atoms with Gasteiger partial charge in [-0.2, -0.15) is 0 Å². The molecule has 0 radical (unpaired) electrons. The van der Waals surface area contributed by atoms with Crippen LogP contribution in [0.5, 0.6) is 0 Å². The lowest BCUT2D eigenvalue weighted by Crippen LogP contribution is -2.09. The summed E-state index contributed by atoms with van der Waals surface area (Å²) < 4.78 is 0.592. The topological polar surface area (TPSA) is 58.6 Å². The van der Waals surface area contributed by atoms with Gasteiger partial charge in [-0.15, -0.1) is 0 Å². The van der Waals surface area contributed by atoms with Crippen LogP contribution in [0.15, 0.2) is 17.1 Å². The lowest BCUT2D eigenvalue weighted by Gasteiger charge is -1.99. The average molecular weight is 254 g/mol. The number of rotatable bonds is 2. The molecule has 16 heavy (non-hydrogen) atoms. The van der Waals surface area contributed by atoms with Crippen molar-refractivity contribution in [3.63, 3.8) is 0 Å². The minimum Gasteiger partial charge on any atom is -0.304 e. The maximum atomic E-state index is 11.5. The van der Waals surface area contributed by atoms with Crippen LogP contribution in [0.4, 0.5) is 0 Å². The van der Waals surface area contributed by atoms with Crippen LogP contribution in [-0.2, 0) is 0 Å². The van der Waals surface area contributed by atoms with E-state index in [4.69, 9.17) is 11.6 Å². The van der Waals surface area contributed by atoms with Crippen LogP contribution in [0, 0.1) is 0 Å². The van der Waals surface area contributed by atoms with E-state index in [0.29, 0.717) is 21.1 Å². The summed E-state index contributed by atoms with van der Waals surface area (Å²) in [7, 11) is 0. The van der Waals surface area contributed by atoms with Crippen molar-refractivity contribution in [3.05, 3.63) is 32.6 Å². The number of aromatic amines is 1. The van der Waals surface area contributed by atoms with Gasteiger partial charge in [0.05, 0.1) is 11.9 Å². The van der Waals surface area contributed by atoms with Crippen molar-refractivity contribution in [2.45, 2.75) is 18.8 Å². The Labute approximate surface area is 100 Å². The number of hydrogen-bond donors (Lipinski definition) is 1. The van der Waals surface area contributed by atoms with Gasteiger partial charge in [-0.25, -0.2) is 9.97 Å². The molecule has 0 spiro atoms. The number of halogens is 1. The zero-order valence-electron chi connectivity index (χ0n) is 8.24. The van der Waals surface area contributed by atoms with E-state index in [1.54, 1.807) is 12.3 Å². The van der Waals surface area contributed by atoms with Crippen molar-refractivity contribution in [1.29, 1.82) is 0 Å². The molecule has 0 aliphatic heterocycles. The van der Waals surface area contributed by atoms with Gasteiger partial charge < -0.3 is 4.98 Å². The fourth-order valence-electron chi connectivity index (χ4n) is 1.53. The van der Waals surface area contributed by atoms with Crippen molar-refractivity contribution in [3.8, 4) is 10.8 Å². The number of hydrogen-bond acceptors (Lipinski definition) is 4. The third-order valence-corrected chi connectivity index (χ3v) is 3.56. The van der Waals surface area contributed by atoms with Crippen LogP contribution in [0.2, 0.25) is 4.34 Å². The van der Waals surface area contributed by atoms with Gasteiger partial charge in [0.15, 0.2) is 10.8 Å². The van der Waals surface area contributed by atoms with Crippen molar-refractivity contribution in [2.75, 3.05) is 0 Å². The molecule has 0 saturated heterocycles. The second-order valence-electron chi connectivity index (χ2n) is 3.76. The van der Waals surface area contributed by atoms with Crippen molar-refractivity contribution in [1.82, 2.24) is 15.0 Å². The van der Waals surface area contributed by atoms with Crippen LogP contribution < -0.4 is 5.56 Å². The van der Waals surface area contributed by atoms with Crippen molar-refractivity contribution < 1.29 is 0 Å².